The minimum atomic E-state index is -0.310. The van der Waals surface area contributed by atoms with E-state index in [1.54, 1.807) is 54.5 Å². The number of fused-ring (bicyclic) bond motifs is 20. The monoisotopic (exact) mass is 1370 g/mol. The summed E-state index contributed by atoms with van der Waals surface area (Å²) in [6, 6.07) is 37.0. The summed E-state index contributed by atoms with van der Waals surface area (Å²) < 4.78 is 7.78. The Kier molecular flexibility index (Phi) is 16.4. The highest BCUT2D eigenvalue weighted by atomic mass is 16.3. The zero-order valence-electron chi connectivity index (χ0n) is 56.2. The molecule has 0 amide bonds. The van der Waals surface area contributed by atoms with Crippen LogP contribution in [0.15, 0.2) is 121 Å². The number of aliphatic hydroxyl groups is 1. The van der Waals surface area contributed by atoms with Gasteiger partial charge in [0, 0.05) is 81.3 Å². The smallest absolute Gasteiger partial charge is 0.272 e. The van der Waals surface area contributed by atoms with Crippen molar-refractivity contribution in [1.29, 1.82) is 0 Å². The lowest BCUT2D eigenvalue weighted by Crippen LogP contribution is -2.09. The third kappa shape index (κ3) is 11.2. The van der Waals surface area contributed by atoms with Crippen molar-refractivity contribution in [3.63, 3.8) is 0 Å². The fraction of sp³-hybridized carbons (Fsp3) is 0.236. The van der Waals surface area contributed by atoms with Crippen LogP contribution < -0.4 is 0 Å². The Morgan fingerprint density at radius 1 is 0.291 bits per heavy atom. The standard InChI is InChI=1S/4C15H13N5O.C12H7N5O2/c1-8(2)7-11-17-18-15-16-13-12(19-20(11)15)9-5-3-4-6-10(9)14(13)21;1-8(2)7-11-17-18-15-16-12-9-5-3-4-6-10(9)14(21)13(12)19-20(11)15;1-2-3-8-11-17-18-15-16-13-12(19-20(11)15)9-6-4-5-7-10(9)14(13)21;1-2-3-8-11-17-18-15-16-12-9-6-4-5-7-10(9)14(21)13(12)19-20(11)15;18-5-8-14-15-12-13-9-6-3-1-2-4-7(6)11(19)10(9)16-17(8)12/h2*3-6,8H,7H2,1-2H3;2*4-7H,2-3,8H2,1H3;1-4,18H,5H2. The van der Waals surface area contributed by atoms with Gasteiger partial charge in [-0.3, -0.25) is 24.0 Å². The van der Waals surface area contributed by atoms with Gasteiger partial charge in [-0.2, -0.15) is 48.1 Å². The molecule has 5 aromatic carbocycles. The Bertz CT molecular complexity index is 6030. The zero-order chi connectivity index (χ0) is 70.9. The molecule has 0 unspecified atom stereocenters. The minimum absolute atomic E-state index is 0.0786. The van der Waals surface area contributed by atoms with Gasteiger partial charge < -0.3 is 5.11 Å². The molecule has 15 aromatic rings. The Hall–Kier alpha value is -13.2. The lowest BCUT2D eigenvalue weighted by atomic mass is 10.1. The molecule has 5 aliphatic rings. The molecule has 31 nitrogen and oxygen atoms in total. The fourth-order valence-electron chi connectivity index (χ4n) is 12.7. The molecule has 10 aromatic heterocycles. The minimum Gasteiger partial charge on any atom is -0.388 e. The van der Waals surface area contributed by atoms with E-state index in [2.05, 4.69) is 143 Å². The van der Waals surface area contributed by atoms with Gasteiger partial charge in [0.1, 0.15) is 46.5 Å². The summed E-state index contributed by atoms with van der Waals surface area (Å²) in [6.07, 6.45) is 7.28. The first-order valence-corrected chi connectivity index (χ1v) is 33.6. The molecule has 0 radical (unpaired) electrons. The Labute approximate surface area is 582 Å². The summed E-state index contributed by atoms with van der Waals surface area (Å²) in [5.41, 5.74) is 12.0. The molecular weight excluding hydrogens is 1310 g/mol. The quantitative estimate of drug-likeness (QED) is 0.127. The van der Waals surface area contributed by atoms with Gasteiger partial charge in [-0.1, -0.05) is 176 Å². The van der Waals surface area contributed by atoms with Gasteiger partial charge in [-0.15, -0.1) is 51.0 Å². The fourth-order valence-corrected chi connectivity index (χ4v) is 12.7. The Morgan fingerprint density at radius 3 is 0.816 bits per heavy atom. The van der Waals surface area contributed by atoms with Crippen molar-refractivity contribution in [1.82, 2.24) is 124 Å². The van der Waals surface area contributed by atoms with Gasteiger partial charge in [0.25, 0.3) is 28.9 Å². The highest BCUT2D eigenvalue weighted by molar-refractivity contribution is 6.22. The van der Waals surface area contributed by atoms with Crippen molar-refractivity contribution in [3.05, 3.63) is 207 Å². The molecule has 10 heterocycles. The number of rotatable bonds is 11. The van der Waals surface area contributed by atoms with Gasteiger partial charge >= 0.3 is 0 Å². The van der Waals surface area contributed by atoms with Crippen LogP contribution in [0.1, 0.15) is 177 Å². The molecule has 0 atom stereocenters. The van der Waals surface area contributed by atoms with E-state index in [0.717, 1.165) is 102 Å². The van der Waals surface area contributed by atoms with Crippen LogP contribution in [-0.4, -0.2) is 158 Å². The van der Waals surface area contributed by atoms with Crippen molar-refractivity contribution in [2.75, 3.05) is 0 Å². The van der Waals surface area contributed by atoms with Gasteiger partial charge in [-0.05, 0) is 24.7 Å². The number of hydrogen-bond acceptors (Lipinski definition) is 26. The predicted octanol–water partition coefficient (Wildman–Crippen LogP) is 8.23. The summed E-state index contributed by atoms with van der Waals surface area (Å²) in [5.74, 6) is 5.60. The van der Waals surface area contributed by atoms with Crippen LogP contribution in [0.5, 0.6) is 0 Å². The molecular formula is C72H59N25O6. The molecule has 0 fully saturated rings. The third-order valence-electron chi connectivity index (χ3n) is 17.7. The Balaban J connectivity index is 0.0000000994. The van der Waals surface area contributed by atoms with Crippen LogP contribution in [0.3, 0.4) is 0 Å². The number of carbonyl (C=O) groups excluding carboxylic acids is 5. The summed E-state index contributed by atoms with van der Waals surface area (Å²) in [6.45, 7) is 12.4. The number of aliphatic hydroxyl groups excluding tert-OH is 1. The van der Waals surface area contributed by atoms with Crippen LogP contribution in [0.4, 0.5) is 0 Å². The average Bonchev–Trinajstić information content (AvgIpc) is 1.63. The molecule has 0 spiro atoms. The first-order chi connectivity index (χ1) is 50.2. The topological polar surface area (TPSA) is 385 Å². The van der Waals surface area contributed by atoms with Crippen LogP contribution in [-0.2, 0) is 32.3 Å². The van der Waals surface area contributed by atoms with E-state index < -0.39 is 0 Å². The van der Waals surface area contributed by atoms with Crippen molar-refractivity contribution in [3.8, 4) is 56.3 Å². The van der Waals surface area contributed by atoms with E-state index >= 15 is 0 Å². The second kappa shape index (κ2) is 26.2. The third-order valence-corrected chi connectivity index (χ3v) is 17.7. The predicted molar refractivity (Wildman–Crippen MR) is 367 cm³/mol. The molecule has 0 bridgehead atoms. The van der Waals surface area contributed by atoms with E-state index in [-0.39, 0.29) is 52.8 Å². The number of carbonyl (C=O) groups is 5. The van der Waals surface area contributed by atoms with Crippen LogP contribution in [0, 0.1) is 11.8 Å². The zero-order valence-corrected chi connectivity index (χ0v) is 56.2. The first-order valence-electron chi connectivity index (χ1n) is 33.6. The molecule has 0 saturated heterocycles. The van der Waals surface area contributed by atoms with Crippen LogP contribution >= 0.6 is 0 Å². The van der Waals surface area contributed by atoms with E-state index in [1.165, 1.54) is 4.52 Å². The van der Waals surface area contributed by atoms with Crippen LogP contribution in [0.25, 0.3) is 85.2 Å². The van der Waals surface area contributed by atoms with E-state index in [0.29, 0.717) is 114 Å². The first kappa shape index (κ1) is 64.5. The lowest BCUT2D eigenvalue weighted by molar-refractivity contribution is 0.103. The number of benzene rings is 5. The maximum atomic E-state index is 12.4. The molecule has 0 saturated carbocycles. The largest absolute Gasteiger partial charge is 0.388 e. The normalized spacial score (nSPS) is 12.8. The molecule has 508 valence electrons. The molecule has 1 N–H and O–H groups in total. The number of ketones is 5. The second-order valence-corrected chi connectivity index (χ2v) is 25.6. The highest BCUT2D eigenvalue weighted by Gasteiger charge is 2.36. The molecule has 31 heteroatoms. The Morgan fingerprint density at radius 2 is 0.524 bits per heavy atom. The van der Waals surface area contributed by atoms with Crippen LogP contribution in [0.2, 0.25) is 0 Å². The van der Waals surface area contributed by atoms with Crippen molar-refractivity contribution >= 4 is 57.8 Å². The second-order valence-electron chi connectivity index (χ2n) is 25.6. The van der Waals surface area contributed by atoms with Crippen molar-refractivity contribution in [2.45, 2.75) is 99.5 Å². The summed E-state index contributed by atoms with van der Waals surface area (Å²) in [4.78, 5) is 83.8. The van der Waals surface area contributed by atoms with Crippen molar-refractivity contribution < 1.29 is 29.1 Å². The van der Waals surface area contributed by atoms with E-state index in [4.69, 9.17) is 5.11 Å². The van der Waals surface area contributed by atoms with Gasteiger partial charge in [0.2, 0.25) is 28.9 Å². The van der Waals surface area contributed by atoms with Gasteiger partial charge in [0.05, 0.1) is 0 Å². The lowest BCUT2D eigenvalue weighted by Gasteiger charge is -2.03. The maximum Gasteiger partial charge on any atom is 0.272 e. The molecule has 103 heavy (non-hydrogen) atoms. The summed E-state index contributed by atoms with van der Waals surface area (Å²) >= 11 is 0. The molecule has 5 aliphatic carbocycles. The van der Waals surface area contributed by atoms with Gasteiger partial charge in [-0.25, -0.2) is 24.9 Å². The number of aromatic nitrogens is 25. The number of unbranched alkanes of at least 4 members (excludes halogenated alkanes) is 2. The number of hydrogen-bond donors (Lipinski definition) is 1. The van der Waals surface area contributed by atoms with E-state index in [9.17, 15) is 24.0 Å². The summed E-state index contributed by atoms with van der Waals surface area (Å²) in [7, 11) is 0. The van der Waals surface area contributed by atoms with Crippen molar-refractivity contribution in [2.24, 2.45) is 11.8 Å². The molecule has 20 rings (SSSR count). The van der Waals surface area contributed by atoms with Gasteiger partial charge in [0.15, 0.2) is 46.2 Å². The number of nitrogens with zero attached hydrogens (tertiary/aromatic N) is 25. The highest BCUT2D eigenvalue weighted by Crippen LogP contribution is 2.39. The number of aryl methyl sites for hydroxylation is 2. The van der Waals surface area contributed by atoms with E-state index in [1.807, 2.05) is 84.9 Å². The molecule has 0 aliphatic heterocycles. The average molecular weight is 1370 g/mol. The SMILES string of the molecule is CC(C)Cc1nnc2nc3c(nn12)-c1ccccc1C3=O.CC(C)Cc1nnc2nc3c(nn12)C(=O)c1ccccc1-3.CCCCc1nnc2nc3c(nn12)-c1ccccc1C3=O.CCCCc1nnc2nc3c(nn12)C(=O)c1ccccc1-3.O=C1c2ccccc2-c2nc3nnc(CO)n3nc21. The maximum absolute atomic E-state index is 12.4. The summed E-state index contributed by atoms with van der Waals surface area (Å²) in [5, 5.41) is 71.7.